The zero-order chi connectivity index (χ0) is 15.7. The molecule has 2 aromatic rings. The molecule has 1 aromatic heterocycles. The van der Waals surface area contributed by atoms with Crippen LogP contribution in [0.15, 0.2) is 24.3 Å². The van der Waals surface area contributed by atoms with Crippen molar-refractivity contribution in [1.29, 1.82) is 0 Å². The summed E-state index contributed by atoms with van der Waals surface area (Å²) < 4.78 is 39.9. The molecule has 0 spiro atoms. The molecule has 1 saturated heterocycles. The molecular weight excluding hydrogens is 307 g/mol. The molecule has 3 rings (SSSR count). The van der Waals surface area contributed by atoms with E-state index in [-0.39, 0.29) is 11.8 Å². The Kier molecular flexibility index (Phi) is 3.96. The van der Waals surface area contributed by atoms with Crippen LogP contribution in [0.3, 0.4) is 0 Å². The highest BCUT2D eigenvalue weighted by Crippen LogP contribution is 2.33. The lowest BCUT2D eigenvalue weighted by Crippen LogP contribution is -2.32. The first-order valence-electron chi connectivity index (χ1n) is 7.08. The molecule has 1 aliphatic rings. The van der Waals surface area contributed by atoms with Crippen LogP contribution in [0.2, 0.25) is 0 Å². The minimum atomic E-state index is -3.55. The monoisotopic (exact) mass is 324 g/mol. The van der Waals surface area contributed by atoms with Crippen LogP contribution in [0, 0.1) is 12.7 Å². The maximum Gasteiger partial charge on any atom is 0.218 e. The van der Waals surface area contributed by atoms with Gasteiger partial charge in [-0.3, -0.25) is 5.10 Å². The summed E-state index contributed by atoms with van der Waals surface area (Å²) >= 11 is 0. The molecule has 8 heteroatoms. The number of aromatic nitrogens is 3. The van der Waals surface area contributed by atoms with Gasteiger partial charge in [0.2, 0.25) is 10.0 Å². The van der Waals surface area contributed by atoms with Crippen LogP contribution in [0.1, 0.15) is 36.1 Å². The van der Waals surface area contributed by atoms with Crippen molar-refractivity contribution in [3.63, 3.8) is 0 Å². The number of hydrogen-bond donors (Lipinski definition) is 1. The Hall–Kier alpha value is -1.80. The molecule has 1 N–H and O–H groups in total. The Bertz CT molecular complexity index is 775. The first-order chi connectivity index (χ1) is 10.5. The first-order valence-corrected chi connectivity index (χ1v) is 8.69. The van der Waals surface area contributed by atoms with Crippen molar-refractivity contribution in [1.82, 2.24) is 19.5 Å². The standard InChI is InChI=1S/C14H17FN4O2S/c1-10-16-14(18-17-10)13-6-3-7-19(13)22(20,21)9-11-4-2-5-12(15)8-11/h2,4-5,8,13H,3,6-7,9H2,1H3,(H,16,17,18). The van der Waals surface area contributed by atoms with Gasteiger partial charge in [-0.2, -0.15) is 9.40 Å². The van der Waals surface area contributed by atoms with Gasteiger partial charge in [0.1, 0.15) is 11.6 Å². The minimum Gasteiger partial charge on any atom is -0.263 e. The summed E-state index contributed by atoms with van der Waals surface area (Å²) in [4.78, 5) is 4.24. The van der Waals surface area contributed by atoms with Gasteiger partial charge >= 0.3 is 0 Å². The molecule has 1 aliphatic heterocycles. The van der Waals surface area contributed by atoms with Crippen molar-refractivity contribution < 1.29 is 12.8 Å². The third-order valence-corrected chi connectivity index (χ3v) is 5.56. The fraction of sp³-hybridized carbons (Fsp3) is 0.429. The van der Waals surface area contributed by atoms with Crippen LogP contribution in [0.4, 0.5) is 4.39 Å². The maximum atomic E-state index is 13.2. The summed E-state index contributed by atoms with van der Waals surface area (Å²) in [5, 5.41) is 6.82. The normalized spacial score (nSPS) is 19.6. The van der Waals surface area contributed by atoms with Crippen LogP contribution in [-0.4, -0.2) is 34.4 Å². The van der Waals surface area contributed by atoms with Crippen molar-refractivity contribution in [2.24, 2.45) is 0 Å². The second-order valence-corrected chi connectivity index (χ2v) is 7.36. The second kappa shape index (κ2) is 5.77. The fourth-order valence-corrected chi connectivity index (χ4v) is 4.52. The molecule has 1 fully saturated rings. The third kappa shape index (κ3) is 3.02. The second-order valence-electron chi connectivity index (χ2n) is 5.43. The van der Waals surface area contributed by atoms with Gasteiger partial charge < -0.3 is 0 Å². The molecule has 0 bridgehead atoms. The van der Waals surface area contributed by atoms with Crippen LogP contribution in [0.25, 0.3) is 0 Å². The maximum absolute atomic E-state index is 13.2. The fourth-order valence-electron chi connectivity index (χ4n) is 2.76. The summed E-state index contributed by atoms with van der Waals surface area (Å²) in [5.74, 6) is 0.502. The van der Waals surface area contributed by atoms with E-state index in [4.69, 9.17) is 0 Å². The van der Waals surface area contributed by atoms with Crippen molar-refractivity contribution in [3.8, 4) is 0 Å². The van der Waals surface area contributed by atoms with E-state index in [1.165, 1.54) is 22.5 Å². The summed E-state index contributed by atoms with van der Waals surface area (Å²) in [6, 6.07) is 5.33. The van der Waals surface area contributed by atoms with Gasteiger partial charge in [0.15, 0.2) is 5.82 Å². The van der Waals surface area contributed by atoms with Crippen molar-refractivity contribution in [3.05, 3.63) is 47.3 Å². The van der Waals surface area contributed by atoms with Crippen LogP contribution in [0.5, 0.6) is 0 Å². The number of sulfonamides is 1. The summed E-state index contributed by atoms with van der Waals surface area (Å²) in [7, 11) is -3.55. The molecule has 0 amide bonds. The number of nitrogens with one attached hydrogen (secondary N) is 1. The van der Waals surface area contributed by atoms with Gasteiger partial charge in [0.05, 0.1) is 11.8 Å². The number of nitrogens with zero attached hydrogens (tertiary/aromatic N) is 3. The summed E-state index contributed by atoms with van der Waals surface area (Å²) in [6.07, 6.45) is 1.46. The lowest BCUT2D eigenvalue weighted by molar-refractivity contribution is 0.383. The smallest absolute Gasteiger partial charge is 0.218 e. The number of benzene rings is 1. The highest BCUT2D eigenvalue weighted by atomic mass is 32.2. The van der Waals surface area contributed by atoms with Gasteiger partial charge in [-0.1, -0.05) is 12.1 Å². The van der Waals surface area contributed by atoms with Crippen molar-refractivity contribution in [2.75, 3.05) is 6.54 Å². The first kappa shape index (κ1) is 15.1. The van der Waals surface area contributed by atoms with E-state index >= 15 is 0 Å². The molecule has 1 atom stereocenters. The molecule has 1 unspecified atom stereocenters. The Balaban J connectivity index is 1.84. The number of hydrogen-bond acceptors (Lipinski definition) is 4. The average Bonchev–Trinajstić information content (AvgIpc) is 3.06. The average molecular weight is 324 g/mol. The lowest BCUT2D eigenvalue weighted by Gasteiger charge is -2.22. The number of rotatable bonds is 4. The van der Waals surface area contributed by atoms with E-state index in [1.807, 2.05) is 0 Å². The largest absolute Gasteiger partial charge is 0.263 e. The summed E-state index contributed by atoms with van der Waals surface area (Å²) in [5.41, 5.74) is 0.441. The molecule has 0 saturated carbocycles. The number of H-pyrrole nitrogens is 1. The van der Waals surface area contributed by atoms with E-state index in [0.717, 1.165) is 6.42 Å². The van der Waals surface area contributed by atoms with E-state index < -0.39 is 15.8 Å². The summed E-state index contributed by atoms with van der Waals surface area (Å²) in [6.45, 7) is 2.22. The van der Waals surface area contributed by atoms with Crippen LogP contribution < -0.4 is 0 Å². The van der Waals surface area contributed by atoms with Gasteiger partial charge in [0, 0.05) is 6.54 Å². The van der Waals surface area contributed by atoms with Gasteiger partial charge in [-0.05, 0) is 37.5 Å². The minimum absolute atomic E-state index is 0.218. The molecule has 0 radical (unpaired) electrons. The van der Waals surface area contributed by atoms with E-state index in [9.17, 15) is 12.8 Å². The highest BCUT2D eigenvalue weighted by molar-refractivity contribution is 7.88. The Morgan fingerprint density at radius 3 is 2.95 bits per heavy atom. The van der Waals surface area contributed by atoms with Crippen LogP contribution >= 0.6 is 0 Å². The highest BCUT2D eigenvalue weighted by Gasteiger charge is 2.37. The van der Waals surface area contributed by atoms with Gasteiger partial charge in [-0.25, -0.2) is 17.8 Å². The lowest BCUT2D eigenvalue weighted by atomic mass is 10.2. The Labute approximate surface area is 128 Å². The quantitative estimate of drug-likeness (QED) is 0.932. The van der Waals surface area contributed by atoms with Crippen LogP contribution in [-0.2, 0) is 15.8 Å². The molecular formula is C14H17FN4O2S. The van der Waals surface area contributed by atoms with Crippen molar-refractivity contribution >= 4 is 10.0 Å². The van der Waals surface area contributed by atoms with E-state index in [2.05, 4.69) is 15.2 Å². The molecule has 1 aromatic carbocycles. The third-order valence-electron chi connectivity index (χ3n) is 3.71. The Morgan fingerprint density at radius 1 is 1.45 bits per heavy atom. The van der Waals surface area contributed by atoms with E-state index in [0.29, 0.717) is 30.2 Å². The Morgan fingerprint density at radius 2 is 2.27 bits per heavy atom. The molecule has 118 valence electrons. The zero-order valence-electron chi connectivity index (χ0n) is 12.2. The van der Waals surface area contributed by atoms with Gasteiger partial charge in [0.25, 0.3) is 0 Å². The number of aromatic amines is 1. The number of halogens is 1. The number of aryl methyl sites for hydroxylation is 1. The van der Waals surface area contributed by atoms with Gasteiger partial charge in [-0.15, -0.1) is 0 Å². The SMILES string of the molecule is Cc1nc(C2CCCN2S(=O)(=O)Cc2cccc(F)c2)n[nH]1. The zero-order valence-corrected chi connectivity index (χ0v) is 13.0. The topological polar surface area (TPSA) is 79.0 Å². The molecule has 0 aliphatic carbocycles. The molecule has 2 heterocycles. The van der Waals surface area contributed by atoms with E-state index in [1.54, 1.807) is 13.0 Å². The predicted molar refractivity (Wildman–Crippen MR) is 78.8 cm³/mol. The predicted octanol–water partition coefficient (Wildman–Crippen LogP) is 1.92. The molecule has 22 heavy (non-hydrogen) atoms. The van der Waals surface area contributed by atoms with Crippen molar-refractivity contribution in [2.45, 2.75) is 31.6 Å². The molecule has 6 nitrogen and oxygen atoms in total.